The predicted octanol–water partition coefficient (Wildman–Crippen LogP) is 3.51. The van der Waals surface area contributed by atoms with Gasteiger partial charge >= 0.3 is 5.97 Å². The SMILES string of the molecule is CCCc1noc(-c2cccc(CN=C(NCC)N3CC(C)C(C(=O)OC)C3)c2)n1.I. The number of ether oxygens (including phenoxy) is 1. The number of guanidine groups is 1. The average molecular weight is 541 g/mol. The van der Waals surface area contributed by atoms with Gasteiger partial charge in [-0.25, -0.2) is 4.99 Å². The Hall–Kier alpha value is -2.17. The zero-order valence-electron chi connectivity index (χ0n) is 18.6. The third-order valence-electron chi connectivity index (χ3n) is 5.28. The van der Waals surface area contributed by atoms with Crippen LogP contribution in [0.5, 0.6) is 0 Å². The molecule has 0 amide bonds. The van der Waals surface area contributed by atoms with Crippen molar-refractivity contribution in [3.05, 3.63) is 35.7 Å². The van der Waals surface area contributed by atoms with Gasteiger partial charge in [0, 0.05) is 31.6 Å². The van der Waals surface area contributed by atoms with E-state index in [0.717, 1.165) is 48.8 Å². The number of aryl methyl sites for hydroxylation is 1. The van der Waals surface area contributed by atoms with Gasteiger partial charge in [0.15, 0.2) is 11.8 Å². The Kier molecular flexibility index (Phi) is 9.73. The molecule has 0 saturated carbocycles. The summed E-state index contributed by atoms with van der Waals surface area (Å²) in [6, 6.07) is 8.00. The summed E-state index contributed by atoms with van der Waals surface area (Å²) in [6.45, 7) is 8.86. The fraction of sp³-hybridized carbons (Fsp3) is 0.545. The second kappa shape index (κ2) is 12.0. The fourth-order valence-corrected chi connectivity index (χ4v) is 3.69. The van der Waals surface area contributed by atoms with E-state index in [0.29, 0.717) is 19.0 Å². The monoisotopic (exact) mass is 541 g/mol. The Labute approximate surface area is 200 Å². The molecule has 1 N–H and O–H groups in total. The van der Waals surface area contributed by atoms with Crippen LogP contribution in [0.2, 0.25) is 0 Å². The molecule has 1 saturated heterocycles. The minimum absolute atomic E-state index is 0. The van der Waals surface area contributed by atoms with Gasteiger partial charge in [-0.05, 0) is 37.0 Å². The highest BCUT2D eigenvalue weighted by molar-refractivity contribution is 14.0. The lowest BCUT2D eigenvalue weighted by Gasteiger charge is -2.21. The summed E-state index contributed by atoms with van der Waals surface area (Å²) in [7, 11) is 1.44. The molecular formula is C22H32IN5O3. The summed E-state index contributed by atoms with van der Waals surface area (Å²) in [5.41, 5.74) is 1.94. The number of hydrogen-bond donors (Lipinski definition) is 1. The largest absolute Gasteiger partial charge is 0.469 e. The van der Waals surface area contributed by atoms with Crippen molar-refractivity contribution in [1.82, 2.24) is 20.4 Å². The van der Waals surface area contributed by atoms with Crippen LogP contribution in [0.25, 0.3) is 11.5 Å². The smallest absolute Gasteiger partial charge is 0.310 e. The van der Waals surface area contributed by atoms with E-state index < -0.39 is 0 Å². The molecule has 0 aliphatic carbocycles. The van der Waals surface area contributed by atoms with Crippen LogP contribution in [0.3, 0.4) is 0 Å². The number of methoxy groups -OCH3 is 1. The zero-order valence-corrected chi connectivity index (χ0v) is 21.0. The highest BCUT2D eigenvalue weighted by Gasteiger charge is 2.36. The van der Waals surface area contributed by atoms with E-state index in [-0.39, 0.29) is 41.8 Å². The zero-order chi connectivity index (χ0) is 21.5. The minimum atomic E-state index is -0.157. The molecule has 9 heteroatoms. The first kappa shape index (κ1) is 25.1. The second-order valence-corrected chi connectivity index (χ2v) is 7.65. The number of halogens is 1. The molecule has 1 aliphatic rings. The summed E-state index contributed by atoms with van der Waals surface area (Å²) in [5.74, 6) is 2.01. The summed E-state index contributed by atoms with van der Waals surface area (Å²) in [5, 5.41) is 7.37. The molecule has 0 bridgehead atoms. The summed E-state index contributed by atoms with van der Waals surface area (Å²) in [6.07, 6.45) is 1.78. The number of aromatic nitrogens is 2. The van der Waals surface area contributed by atoms with Crippen molar-refractivity contribution in [1.29, 1.82) is 0 Å². The van der Waals surface area contributed by atoms with Crippen molar-refractivity contribution in [3.63, 3.8) is 0 Å². The summed E-state index contributed by atoms with van der Waals surface area (Å²) >= 11 is 0. The Balaban J connectivity index is 0.00000341. The molecule has 31 heavy (non-hydrogen) atoms. The maximum Gasteiger partial charge on any atom is 0.310 e. The van der Waals surface area contributed by atoms with Crippen LogP contribution in [0.1, 0.15) is 38.6 Å². The molecule has 2 unspecified atom stereocenters. The van der Waals surface area contributed by atoms with E-state index >= 15 is 0 Å². The van der Waals surface area contributed by atoms with Crippen molar-refractivity contribution in [3.8, 4) is 11.5 Å². The molecule has 1 aromatic heterocycles. The van der Waals surface area contributed by atoms with Crippen LogP contribution in [0, 0.1) is 11.8 Å². The lowest BCUT2D eigenvalue weighted by Crippen LogP contribution is -2.40. The van der Waals surface area contributed by atoms with Crippen LogP contribution in [0.4, 0.5) is 0 Å². The van der Waals surface area contributed by atoms with Crippen molar-refractivity contribution in [2.45, 2.75) is 40.2 Å². The van der Waals surface area contributed by atoms with Crippen LogP contribution in [-0.4, -0.2) is 53.7 Å². The molecule has 2 aromatic rings. The van der Waals surface area contributed by atoms with Gasteiger partial charge in [-0.2, -0.15) is 4.98 Å². The Bertz CT molecular complexity index is 886. The number of nitrogens with one attached hydrogen (secondary N) is 1. The van der Waals surface area contributed by atoms with Crippen molar-refractivity contribution < 1.29 is 14.1 Å². The molecule has 0 spiro atoms. The normalized spacial score (nSPS) is 18.6. The first-order valence-corrected chi connectivity index (χ1v) is 10.6. The minimum Gasteiger partial charge on any atom is -0.469 e. The fourth-order valence-electron chi connectivity index (χ4n) is 3.69. The Morgan fingerprint density at radius 2 is 2.16 bits per heavy atom. The average Bonchev–Trinajstić information content (AvgIpc) is 3.38. The molecule has 8 nitrogen and oxygen atoms in total. The quantitative estimate of drug-likeness (QED) is 0.248. The number of esters is 1. The van der Waals surface area contributed by atoms with E-state index in [1.807, 2.05) is 31.2 Å². The molecule has 1 aromatic carbocycles. The van der Waals surface area contributed by atoms with Gasteiger partial charge in [0.2, 0.25) is 0 Å². The third-order valence-corrected chi connectivity index (χ3v) is 5.28. The molecule has 1 aliphatic heterocycles. The van der Waals surface area contributed by atoms with Gasteiger partial charge in [-0.3, -0.25) is 4.79 Å². The lowest BCUT2D eigenvalue weighted by molar-refractivity contribution is -0.145. The van der Waals surface area contributed by atoms with E-state index in [1.165, 1.54) is 7.11 Å². The molecular weight excluding hydrogens is 509 g/mol. The van der Waals surface area contributed by atoms with Crippen molar-refractivity contribution >= 4 is 35.9 Å². The van der Waals surface area contributed by atoms with Gasteiger partial charge in [0.25, 0.3) is 5.89 Å². The second-order valence-electron chi connectivity index (χ2n) is 7.65. The first-order chi connectivity index (χ1) is 14.5. The van der Waals surface area contributed by atoms with Gasteiger partial charge in [-0.1, -0.05) is 31.1 Å². The lowest BCUT2D eigenvalue weighted by atomic mass is 9.99. The Morgan fingerprint density at radius 1 is 1.35 bits per heavy atom. The van der Waals surface area contributed by atoms with Gasteiger partial charge < -0.3 is 19.5 Å². The number of carbonyl (C=O) groups is 1. The number of rotatable bonds is 7. The van der Waals surface area contributed by atoms with E-state index in [4.69, 9.17) is 14.3 Å². The molecule has 2 heterocycles. The maximum atomic E-state index is 12.0. The molecule has 170 valence electrons. The van der Waals surface area contributed by atoms with Crippen molar-refractivity contribution in [2.24, 2.45) is 16.8 Å². The van der Waals surface area contributed by atoms with Crippen LogP contribution >= 0.6 is 24.0 Å². The van der Waals surface area contributed by atoms with Crippen LogP contribution in [0.15, 0.2) is 33.8 Å². The van der Waals surface area contributed by atoms with Crippen molar-refractivity contribution in [2.75, 3.05) is 26.7 Å². The van der Waals surface area contributed by atoms with Crippen LogP contribution < -0.4 is 5.32 Å². The molecule has 1 fully saturated rings. The standard InChI is InChI=1S/C22H31N5O3.HI/c1-5-8-19-25-20(30-26-19)17-10-7-9-16(11-17)12-24-22(23-6-2)27-13-15(3)18(14-27)21(28)29-4;/h7,9-11,15,18H,5-6,8,12-14H2,1-4H3,(H,23,24);1H. The molecule has 3 rings (SSSR count). The van der Waals surface area contributed by atoms with E-state index in [2.05, 4.69) is 34.2 Å². The first-order valence-electron chi connectivity index (χ1n) is 10.6. The third kappa shape index (κ3) is 6.41. The summed E-state index contributed by atoms with van der Waals surface area (Å²) in [4.78, 5) is 23.4. The number of likely N-dealkylation sites (tertiary alicyclic amines) is 1. The van der Waals surface area contributed by atoms with Gasteiger partial charge in [0.1, 0.15) is 0 Å². The molecule has 2 atom stereocenters. The number of aliphatic imine (C=N–C) groups is 1. The summed E-state index contributed by atoms with van der Waals surface area (Å²) < 4.78 is 10.3. The number of hydrogen-bond acceptors (Lipinski definition) is 6. The van der Waals surface area contributed by atoms with E-state index in [9.17, 15) is 4.79 Å². The van der Waals surface area contributed by atoms with E-state index in [1.54, 1.807) is 0 Å². The number of nitrogens with zero attached hydrogens (tertiary/aromatic N) is 4. The number of benzene rings is 1. The Morgan fingerprint density at radius 3 is 2.87 bits per heavy atom. The maximum absolute atomic E-state index is 12.0. The van der Waals surface area contributed by atoms with Crippen LogP contribution in [-0.2, 0) is 22.5 Å². The highest BCUT2D eigenvalue weighted by Crippen LogP contribution is 2.24. The van der Waals surface area contributed by atoms with Gasteiger partial charge in [0.05, 0.1) is 19.6 Å². The predicted molar refractivity (Wildman–Crippen MR) is 130 cm³/mol. The highest BCUT2D eigenvalue weighted by atomic mass is 127. The molecule has 0 radical (unpaired) electrons. The topological polar surface area (TPSA) is 92.9 Å². The van der Waals surface area contributed by atoms with Gasteiger partial charge in [-0.15, -0.1) is 24.0 Å². The number of carbonyl (C=O) groups excluding carboxylic acids is 1.